The lowest BCUT2D eigenvalue weighted by atomic mass is 9.81. The zero-order valence-corrected chi connectivity index (χ0v) is 16.0. The van der Waals surface area contributed by atoms with E-state index in [-0.39, 0.29) is 31.0 Å². The predicted molar refractivity (Wildman–Crippen MR) is 92.8 cm³/mol. The molecule has 0 aromatic carbocycles. The fourth-order valence-electron chi connectivity index (χ4n) is 3.69. The van der Waals surface area contributed by atoms with Crippen LogP contribution in [0.25, 0.3) is 0 Å². The second-order valence-corrected chi connectivity index (χ2v) is 8.19. The second-order valence-electron chi connectivity index (χ2n) is 8.19. The second kappa shape index (κ2) is 7.35. The lowest BCUT2D eigenvalue weighted by molar-refractivity contribution is -0.137. The molecule has 2 aliphatic rings. The van der Waals surface area contributed by atoms with Crippen LogP contribution in [0, 0.1) is 5.92 Å². The van der Waals surface area contributed by atoms with Crippen LogP contribution in [0.15, 0.2) is 18.3 Å². The Bertz CT molecular complexity index is 746. The number of piperidine rings is 1. The number of aromatic nitrogens is 1. The first-order chi connectivity index (χ1) is 13.0. The summed E-state index contributed by atoms with van der Waals surface area (Å²) < 4.78 is 49.7. The number of alkyl halides is 3. The topological polar surface area (TPSA) is 68.7 Å². The van der Waals surface area contributed by atoms with Crippen molar-refractivity contribution < 1.29 is 32.2 Å². The first kappa shape index (κ1) is 20.6. The van der Waals surface area contributed by atoms with Crippen LogP contribution in [0.4, 0.5) is 18.0 Å². The number of ether oxygens (including phenoxy) is 2. The summed E-state index contributed by atoms with van der Waals surface area (Å²) in [6.07, 6.45) is -3.41. The lowest BCUT2D eigenvalue weighted by Gasteiger charge is -2.47. The predicted octanol–water partition coefficient (Wildman–Crippen LogP) is 3.70. The van der Waals surface area contributed by atoms with Crippen LogP contribution in [0.2, 0.25) is 0 Å². The van der Waals surface area contributed by atoms with E-state index in [2.05, 4.69) is 4.98 Å². The van der Waals surface area contributed by atoms with Crippen LogP contribution < -0.4 is 0 Å². The number of amides is 1. The molecule has 0 spiro atoms. The van der Waals surface area contributed by atoms with Crippen molar-refractivity contribution in [2.45, 2.75) is 57.5 Å². The van der Waals surface area contributed by atoms with E-state index in [0.29, 0.717) is 12.8 Å². The molecule has 6 nitrogen and oxygen atoms in total. The molecule has 1 aromatic rings. The summed E-state index contributed by atoms with van der Waals surface area (Å²) in [5.74, 6) is -0.958. The van der Waals surface area contributed by atoms with E-state index < -0.39 is 35.1 Å². The molecule has 0 N–H and O–H groups in total. The van der Waals surface area contributed by atoms with Crippen molar-refractivity contribution in [1.29, 1.82) is 0 Å². The maximum absolute atomic E-state index is 12.9. The molecular weight excluding hydrogens is 377 g/mol. The van der Waals surface area contributed by atoms with Gasteiger partial charge in [0.15, 0.2) is 5.78 Å². The number of ketones is 1. The first-order valence-corrected chi connectivity index (χ1v) is 9.12. The van der Waals surface area contributed by atoms with Crippen molar-refractivity contribution in [3.8, 4) is 0 Å². The average molecular weight is 400 g/mol. The van der Waals surface area contributed by atoms with Crippen LogP contribution in [0.1, 0.15) is 49.7 Å². The number of pyridine rings is 1. The van der Waals surface area contributed by atoms with Gasteiger partial charge in [0.2, 0.25) is 0 Å². The fourth-order valence-corrected chi connectivity index (χ4v) is 3.69. The molecule has 0 radical (unpaired) electrons. The maximum atomic E-state index is 12.9. The van der Waals surface area contributed by atoms with Gasteiger partial charge in [0.1, 0.15) is 11.3 Å². The summed E-state index contributed by atoms with van der Waals surface area (Å²) in [4.78, 5) is 30.8. The standard InChI is InChI=1S/C19H23F3N2O4/c1-18(2,3)28-17(26)24-13-6-11(7-14(24)10-27-9-13)16(25)15-8-12(4-5-23-15)19(20,21)22/h4-5,8,11,13-14H,6-7,9-10H2,1-3H3. The molecule has 2 saturated heterocycles. The molecule has 2 atom stereocenters. The molecule has 28 heavy (non-hydrogen) atoms. The number of morpholine rings is 1. The third kappa shape index (κ3) is 4.45. The molecule has 3 rings (SSSR count). The van der Waals surface area contributed by atoms with Crippen LogP contribution in [0.3, 0.4) is 0 Å². The van der Waals surface area contributed by atoms with Gasteiger partial charge >= 0.3 is 12.3 Å². The number of Topliss-reactive ketones (excluding diaryl/α,β-unsaturated/α-hetero) is 1. The number of hydrogen-bond donors (Lipinski definition) is 0. The van der Waals surface area contributed by atoms with Gasteiger partial charge in [-0.25, -0.2) is 4.79 Å². The van der Waals surface area contributed by atoms with Gasteiger partial charge < -0.3 is 9.47 Å². The van der Waals surface area contributed by atoms with Gasteiger partial charge in [-0.1, -0.05) is 0 Å². The highest BCUT2D eigenvalue weighted by molar-refractivity contribution is 5.96. The van der Waals surface area contributed by atoms with E-state index in [9.17, 15) is 22.8 Å². The van der Waals surface area contributed by atoms with E-state index >= 15 is 0 Å². The van der Waals surface area contributed by atoms with Gasteiger partial charge in [-0.3, -0.25) is 14.7 Å². The van der Waals surface area contributed by atoms with Gasteiger partial charge in [0.25, 0.3) is 0 Å². The molecule has 3 heterocycles. The van der Waals surface area contributed by atoms with Crippen LogP contribution >= 0.6 is 0 Å². The highest BCUT2D eigenvalue weighted by Crippen LogP contribution is 2.35. The van der Waals surface area contributed by atoms with Gasteiger partial charge in [-0.2, -0.15) is 13.2 Å². The highest BCUT2D eigenvalue weighted by atomic mass is 19.4. The Morgan fingerprint density at radius 2 is 1.79 bits per heavy atom. The Morgan fingerprint density at radius 1 is 1.18 bits per heavy atom. The van der Waals surface area contributed by atoms with Crippen molar-refractivity contribution >= 4 is 11.9 Å². The normalized spacial score (nSPS) is 25.4. The number of nitrogens with zero attached hydrogens (tertiary/aromatic N) is 2. The molecule has 9 heteroatoms. The van der Waals surface area contributed by atoms with E-state index in [1.54, 1.807) is 25.7 Å². The summed E-state index contributed by atoms with van der Waals surface area (Å²) in [6.45, 7) is 5.83. The fraction of sp³-hybridized carbons (Fsp3) is 0.632. The van der Waals surface area contributed by atoms with E-state index in [1.165, 1.54) is 0 Å². The molecule has 2 fully saturated rings. The molecule has 2 bridgehead atoms. The smallest absolute Gasteiger partial charge is 0.416 e. The Morgan fingerprint density at radius 3 is 2.32 bits per heavy atom. The Kier molecular flexibility index (Phi) is 5.40. The van der Waals surface area contributed by atoms with E-state index in [0.717, 1.165) is 18.3 Å². The number of halogens is 3. The number of carbonyl (C=O) groups excluding carboxylic acids is 2. The SMILES string of the molecule is CC(C)(C)OC(=O)N1C2COCC1CC(C(=O)c1cc(C(F)(F)F)ccn1)C2. The third-order valence-corrected chi connectivity index (χ3v) is 4.84. The zero-order chi connectivity index (χ0) is 20.7. The van der Waals surface area contributed by atoms with Gasteiger partial charge in [-0.05, 0) is 45.7 Å². The molecule has 2 aliphatic heterocycles. The monoisotopic (exact) mass is 400 g/mol. The summed E-state index contributed by atoms with van der Waals surface area (Å²) in [5.41, 5.74) is -1.76. The zero-order valence-electron chi connectivity index (χ0n) is 16.0. The molecule has 1 amide bonds. The minimum Gasteiger partial charge on any atom is -0.444 e. The maximum Gasteiger partial charge on any atom is 0.416 e. The molecule has 1 aromatic heterocycles. The van der Waals surface area contributed by atoms with Crippen molar-refractivity contribution in [2.24, 2.45) is 5.92 Å². The lowest BCUT2D eigenvalue weighted by Crippen LogP contribution is -2.60. The van der Waals surface area contributed by atoms with Crippen LogP contribution in [0.5, 0.6) is 0 Å². The first-order valence-electron chi connectivity index (χ1n) is 9.12. The molecule has 154 valence electrons. The molecule has 0 aliphatic carbocycles. The van der Waals surface area contributed by atoms with Gasteiger partial charge in [0, 0.05) is 12.1 Å². The minimum absolute atomic E-state index is 0.204. The quantitative estimate of drug-likeness (QED) is 0.708. The largest absolute Gasteiger partial charge is 0.444 e. The molecule has 2 unspecified atom stereocenters. The highest BCUT2D eigenvalue weighted by Gasteiger charge is 2.45. The van der Waals surface area contributed by atoms with E-state index in [1.807, 2.05) is 0 Å². The van der Waals surface area contributed by atoms with Crippen molar-refractivity contribution in [3.63, 3.8) is 0 Å². The van der Waals surface area contributed by atoms with Crippen molar-refractivity contribution in [3.05, 3.63) is 29.6 Å². The van der Waals surface area contributed by atoms with Crippen molar-refractivity contribution in [1.82, 2.24) is 9.88 Å². The van der Waals surface area contributed by atoms with Crippen LogP contribution in [-0.2, 0) is 15.7 Å². The van der Waals surface area contributed by atoms with Gasteiger partial charge in [0.05, 0.1) is 30.9 Å². The number of rotatable bonds is 2. The Labute approximate surface area is 161 Å². The molecule has 0 saturated carbocycles. The third-order valence-electron chi connectivity index (χ3n) is 4.84. The summed E-state index contributed by atoms with van der Waals surface area (Å²) in [7, 11) is 0. The van der Waals surface area contributed by atoms with Crippen molar-refractivity contribution in [2.75, 3.05) is 13.2 Å². The van der Waals surface area contributed by atoms with E-state index in [4.69, 9.17) is 9.47 Å². The number of fused-ring (bicyclic) bond motifs is 2. The summed E-state index contributed by atoms with van der Waals surface area (Å²) in [5, 5.41) is 0. The average Bonchev–Trinajstić information content (AvgIpc) is 2.57. The Balaban J connectivity index is 1.77. The minimum atomic E-state index is -4.54. The van der Waals surface area contributed by atoms with Gasteiger partial charge in [-0.15, -0.1) is 0 Å². The molecular formula is C19H23F3N2O4. The number of carbonyl (C=O) groups is 2. The van der Waals surface area contributed by atoms with Crippen LogP contribution in [-0.4, -0.2) is 52.7 Å². The number of hydrogen-bond acceptors (Lipinski definition) is 5. The Hall–Kier alpha value is -2.16. The summed E-state index contributed by atoms with van der Waals surface area (Å²) in [6, 6.07) is 0.906. The summed E-state index contributed by atoms with van der Waals surface area (Å²) >= 11 is 0.